The molecule has 1 amide bonds. The van der Waals surface area contributed by atoms with E-state index < -0.39 is 12.7 Å². The van der Waals surface area contributed by atoms with Gasteiger partial charge in [0, 0.05) is 12.2 Å². The van der Waals surface area contributed by atoms with Crippen molar-refractivity contribution in [3.63, 3.8) is 0 Å². The number of benzene rings is 2. The molecule has 0 fully saturated rings. The van der Waals surface area contributed by atoms with Gasteiger partial charge in [-0.3, -0.25) is 9.69 Å². The van der Waals surface area contributed by atoms with E-state index in [9.17, 15) is 13.6 Å². The molecule has 0 aliphatic carbocycles. The third kappa shape index (κ3) is 5.66. The molecule has 28 heavy (non-hydrogen) atoms. The van der Waals surface area contributed by atoms with Crippen molar-refractivity contribution in [1.82, 2.24) is 4.90 Å². The number of halogens is 2. The minimum absolute atomic E-state index is 0.0490. The van der Waals surface area contributed by atoms with Crippen molar-refractivity contribution in [2.75, 3.05) is 19.5 Å². The summed E-state index contributed by atoms with van der Waals surface area (Å²) >= 11 is 0. The first-order chi connectivity index (χ1) is 13.3. The van der Waals surface area contributed by atoms with E-state index in [1.807, 2.05) is 6.07 Å². The van der Waals surface area contributed by atoms with Crippen LogP contribution in [0.15, 0.2) is 42.5 Å². The number of likely N-dealkylation sites (N-methyl/N-ethyl adjacent to an activating group) is 1. The summed E-state index contributed by atoms with van der Waals surface area (Å²) in [6.07, 6.45) is 0. The van der Waals surface area contributed by atoms with Crippen molar-refractivity contribution in [2.24, 2.45) is 0 Å². The zero-order chi connectivity index (χ0) is 20.7. The highest BCUT2D eigenvalue weighted by molar-refractivity contribution is 5.94. The summed E-state index contributed by atoms with van der Waals surface area (Å²) in [5.41, 5.74) is 1.77. The Morgan fingerprint density at radius 3 is 2.64 bits per heavy atom. The molecule has 0 saturated carbocycles. The quantitative estimate of drug-likeness (QED) is 0.746. The van der Waals surface area contributed by atoms with E-state index in [2.05, 4.69) is 10.1 Å². The number of hydrogen-bond acceptors (Lipinski definition) is 5. The number of anilines is 1. The summed E-state index contributed by atoms with van der Waals surface area (Å²) in [4.78, 5) is 14.3. The molecule has 0 spiro atoms. The minimum atomic E-state index is -2.94. The largest absolute Gasteiger partial charge is 0.493 e. The lowest BCUT2D eigenvalue weighted by Gasteiger charge is -2.24. The van der Waals surface area contributed by atoms with Crippen LogP contribution in [0.25, 0.3) is 0 Å². The Bertz CT molecular complexity index is 868. The number of ether oxygens (including phenoxy) is 2. The van der Waals surface area contributed by atoms with Crippen molar-refractivity contribution in [3.8, 4) is 17.6 Å². The van der Waals surface area contributed by atoms with Crippen LogP contribution < -0.4 is 14.8 Å². The maximum absolute atomic E-state index is 12.5. The third-order valence-corrected chi connectivity index (χ3v) is 4.18. The van der Waals surface area contributed by atoms with Gasteiger partial charge in [-0.2, -0.15) is 14.0 Å². The van der Waals surface area contributed by atoms with Gasteiger partial charge < -0.3 is 14.8 Å². The highest BCUT2D eigenvalue weighted by Gasteiger charge is 2.19. The normalized spacial score (nSPS) is 11.8. The van der Waals surface area contributed by atoms with Gasteiger partial charge in [0.2, 0.25) is 5.91 Å². The van der Waals surface area contributed by atoms with E-state index in [0.29, 0.717) is 17.8 Å². The Labute approximate surface area is 162 Å². The van der Waals surface area contributed by atoms with Crippen LogP contribution in [-0.2, 0) is 11.3 Å². The van der Waals surface area contributed by atoms with Gasteiger partial charge in [-0.25, -0.2) is 0 Å². The first-order valence-electron chi connectivity index (χ1n) is 8.47. The van der Waals surface area contributed by atoms with Crippen LogP contribution in [0.2, 0.25) is 0 Å². The summed E-state index contributed by atoms with van der Waals surface area (Å²) in [6.45, 7) is -0.807. The van der Waals surface area contributed by atoms with Crippen molar-refractivity contribution in [3.05, 3.63) is 53.6 Å². The lowest BCUT2D eigenvalue weighted by Crippen LogP contribution is -2.39. The summed E-state index contributed by atoms with van der Waals surface area (Å²) in [6, 6.07) is 12.8. The van der Waals surface area contributed by atoms with Gasteiger partial charge in [0.1, 0.15) is 0 Å². The van der Waals surface area contributed by atoms with Gasteiger partial charge in [-0.05, 0) is 49.9 Å². The number of alkyl halides is 2. The van der Waals surface area contributed by atoms with E-state index in [4.69, 9.17) is 10.00 Å². The molecular weight excluding hydrogens is 368 g/mol. The number of methoxy groups -OCH3 is 1. The van der Waals surface area contributed by atoms with E-state index >= 15 is 0 Å². The predicted octanol–water partition coefficient (Wildman–Crippen LogP) is 3.63. The first-order valence-corrected chi connectivity index (χ1v) is 8.47. The zero-order valence-electron chi connectivity index (χ0n) is 15.8. The number of nitrogens with one attached hydrogen (secondary N) is 1. The van der Waals surface area contributed by atoms with E-state index in [1.165, 1.54) is 13.2 Å². The molecule has 0 aliphatic rings. The monoisotopic (exact) mass is 389 g/mol. The first kappa shape index (κ1) is 21.1. The average molecular weight is 389 g/mol. The van der Waals surface area contributed by atoms with Crippen LogP contribution in [-0.4, -0.2) is 37.6 Å². The zero-order valence-corrected chi connectivity index (χ0v) is 15.8. The number of nitrogens with zero attached hydrogens (tertiary/aromatic N) is 2. The van der Waals surface area contributed by atoms with Crippen molar-refractivity contribution < 1.29 is 23.0 Å². The SMILES string of the molecule is COc1cc(CN(C)[C@H](C)C(=O)Nc2cccc(C#N)c2)ccc1OC(F)F. The minimum Gasteiger partial charge on any atom is -0.493 e. The van der Waals surface area contributed by atoms with Gasteiger partial charge >= 0.3 is 6.61 Å². The molecule has 0 aliphatic heterocycles. The second-order valence-electron chi connectivity index (χ2n) is 6.14. The molecule has 2 aromatic carbocycles. The number of carbonyl (C=O) groups is 1. The summed E-state index contributed by atoms with van der Waals surface area (Å²) in [7, 11) is 3.14. The highest BCUT2D eigenvalue weighted by Crippen LogP contribution is 2.30. The second-order valence-corrected chi connectivity index (χ2v) is 6.14. The molecule has 0 heterocycles. The van der Waals surface area contributed by atoms with Crippen molar-refractivity contribution in [1.29, 1.82) is 5.26 Å². The molecule has 0 radical (unpaired) electrons. The third-order valence-electron chi connectivity index (χ3n) is 4.18. The number of hydrogen-bond donors (Lipinski definition) is 1. The smallest absolute Gasteiger partial charge is 0.387 e. The Balaban J connectivity index is 2.03. The van der Waals surface area contributed by atoms with Crippen LogP contribution in [0, 0.1) is 11.3 Å². The van der Waals surface area contributed by atoms with Crippen LogP contribution in [0.3, 0.4) is 0 Å². The van der Waals surface area contributed by atoms with E-state index in [0.717, 1.165) is 5.56 Å². The lowest BCUT2D eigenvalue weighted by molar-refractivity contribution is -0.120. The van der Waals surface area contributed by atoms with Crippen LogP contribution in [0.5, 0.6) is 11.5 Å². The maximum Gasteiger partial charge on any atom is 0.387 e. The summed E-state index contributed by atoms with van der Waals surface area (Å²) in [5, 5.41) is 11.7. The number of nitriles is 1. The van der Waals surface area contributed by atoms with Gasteiger partial charge in [-0.15, -0.1) is 0 Å². The fraction of sp³-hybridized carbons (Fsp3) is 0.300. The molecule has 1 N–H and O–H groups in total. The maximum atomic E-state index is 12.5. The highest BCUT2D eigenvalue weighted by atomic mass is 19.3. The van der Waals surface area contributed by atoms with Crippen LogP contribution in [0.4, 0.5) is 14.5 Å². The van der Waals surface area contributed by atoms with Crippen LogP contribution >= 0.6 is 0 Å². The van der Waals surface area contributed by atoms with Gasteiger partial charge in [0.15, 0.2) is 11.5 Å². The fourth-order valence-electron chi connectivity index (χ4n) is 2.54. The Kier molecular flexibility index (Phi) is 7.29. The Hall–Kier alpha value is -3.18. The molecule has 148 valence electrons. The molecule has 2 rings (SSSR count). The predicted molar refractivity (Wildman–Crippen MR) is 100 cm³/mol. The van der Waals surface area contributed by atoms with E-state index in [1.54, 1.807) is 55.3 Å². The Morgan fingerprint density at radius 1 is 1.25 bits per heavy atom. The number of rotatable bonds is 8. The van der Waals surface area contributed by atoms with Gasteiger partial charge in [0.25, 0.3) is 0 Å². The molecule has 0 bridgehead atoms. The van der Waals surface area contributed by atoms with Crippen molar-refractivity contribution in [2.45, 2.75) is 26.1 Å². The molecule has 2 aromatic rings. The number of amides is 1. The lowest BCUT2D eigenvalue weighted by atomic mass is 10.1. The number of carbonyl (C=O) groups excluding carboxylic acids is 1. The standard InChI is InChI=1S/C20H21F2N3O3/c1-13(19(26)24-16-6-4-5-14(9-16)11-23)25(2)12-15-7-8-17(28-20(21)22)18(10-15)27-3/h4-10,13,20H,12H2,1-3H3,(H,24,26)/t13-/m1/s1. The summed E-state index contributed by atoms with van der Waals surface area (Å²) < 4.78 is 34.3. The Morgan fingerprint density at radius 2 is 2.00 bits per heavy atom. The van der Waals surface area contributed by atoms with E-state index in [-0.39, 0.29) is 17.4 Å². The van der Waals surface area contributed by atoms with Crippen LogP contribution in [0.1, 0.15) is 18.1 Å². The molecule has 0 unspecified atom stereocenters. The fourth-order valence-corrected chi connectivity index (χ4v) is 2.54. The summed E-state index contributed by atoms with van der Waals surface area (Å²) in [5.74, 6) is -0.0918. The molecular formula is C20H21F2N3O3. The molecule has 6 nitrogen and oxygen atoms in total. The molecule has 1 atom stereocenters. The average Bonchev–Trinajstić information content (AvgIpc) is 2.68. The molecule has 0 aromatic heterocycles. The van der Waals surface area contributed by atoms with Crippen molar-refractivity contribution >= 4 is 11.6 Å². The molecule has 0 saturated heterocycles. The molecule has 8 heteroatoms. The second kappa shape index (κ2) is 9.67. The van der Waals surface area contributed by atoms with Gasteiger partial charge in [0.05, 0.1) is 24.8 Å². The topological polar surface area (TPSA) is 74.6 Å². The van der Waals surface area contributed by atoms with Gasteiger partial charge in [-0.1, -0.05) is 12.1 Å².